The molecule has 6 rings (SSSR count). The molecular weight excluding hydrogens is 575 g/mol. The van der Waals surface area contributed by atoms with Crippen LogP contribution in [0.2, 0.25) is 0 Å². The molecule has 11 nitrogen and oxygen atoms in total. The fourth-order valence-electron chi connectivity index (χ4n) is 5.42. The number of hydrogen-bond donors (Lipinski definition) is 3. The van der Waals surface area contributed by atoms with Gasteiger partial charge in [-0.15, -0.1) is 11.3 Å². The molecule has 1 saturated heterocycles. The summed E-state index contributed by atoms with van der Waals surface area (Å²) >= 11 is 1.47. The number of halogens is 3. The van der Waals surface area contributed by atoms with Crippen LogP contribution in [-0.2, 0) is 9.53 Å². The molecule has 0 unspecified atom stereocenters. The average Bonchev–Trinajstić information content (AvgIpc) is 3.79. The second kappa shape index (κ2) is 13.0. The molecule has 42 heavy (non-hydrogen) atoms. The van der Waals surface area contributed by atoms with E-state index in [9.17, 15) is 18.0 Å². The van der Waals surface area contributed by atoms with E-state index in [4.69, 9.17) is 14.6 Å². The zero-order valence-corrected chi connectivity index (χ0v) is 22.7. The number of aliphatic carboxylic acids is 1. The molecule has 2 fully saturated rings. The van der Waals surface area contributed by atoms with Crippen molar-refractivity contribution < 1.29 is 37.5 Å². The van der Waals surface area contributed by atoms with Crippen molar-refractivity contribution in [1.82, 2.24) is 30.1 Å². The molecule has 0 spiro atoms. The SMILES string of the molecule is C.O=C(NCC1([NH+]2CCOCC2)CCCC1)c1cc(-c2cnn3cc(-c4cn[nH]c4)cnc23)cs1.O=C([O-])C(F)(F)F. The molecular formula is C27H32F3N7O4S. The number of carboxylic acids is 1. The molecule has 15 heteroatoms. The summed E-state index contributed by atoms with van der Waals surface area (Å²) in [5.74, 6) is -3.01. The van der Waals surface area contributed by atoms with E-state index < -0.39 is 12.1 Å². The Labute approximate surface area is 243 Å². The van der Waals surface area contributed by atoms with Crippen LogP contribution in [0.25, 0.3) is 27.9 Å². The maximum atomic E-state index is 13.1. The molecule has 4 aromatic heterocycles. The van der Waals surface area contributed by atoms with Gasteiger partial charge in [0.1, 0.15) is 24.6 Å². The lowest BCUT2D eigenvalue weighted by molar-refractivity contribution is -0.957. The maximum absolute atomic E-state index is 13.1. The molecule has 2 aliphatic rings. The van der Waals surface area contributed by atoms with Crippen LogP contribution < -0.4 is 15.3 Å². The number of carbonyl (C=O) groups excluding carboxylic acids is 2. The van der Waals surface area contributed by atoms with Crippen LogP contribution in [0.15, 0.2) is 42.4 Å². The Kier molecular flexibility index (Phi) is 9.64. The molecule has 1 aliphatic carbocycles. The standard InChI is InChI=1S/C24H27N7O2S.C2HF3O2.CH4/c32-23(26-16-24(3-1-2-4-24)30-5-7-33-8-6-30)21-9-17(15-34-21)20-13-29-31-14-19(10-25-22(20)31)18-11-27-28-12-18;3-2(4,5)1(6)7;/h9-15H,1-8,16H2,(H,26,32)(H,27,28);(H,6,7);1H4. The maximum Gasteiger partial charge on any atom is 0.430 e. The highest BCUT2D eigenvalue weighted by atomic mass is 32.1. The largest absolute Gasteiger partial charge is 0.542 e. The fraction of sp³-hybridized carbons (Fsp3) is 0.444. The quantitative estimate of drug-likeness (QED) is 0.303. The van der Waals surface area contributed by atoms with Crippen LogP contribution in [-0.4, -0.2) is 81.2 Å². The van der Waals surface area contributed by atoms with Gasteiger partial charge in [-0.25, -0.2) is 9.50 Å². The van der Waals surface area contributed by atoms with Gasteiger partial charge in [0, 0.05) is 48.1 Å². The summed E-state index contributed by atoms with van der Waals surface area (Å²) in [4.78, 5) is 28.8. The summed E-state index contributed by atoms with van der Waals surface area (Å²) in [7, 11) is 0. The first-order valence-corrected chi connectivity index (χ1v) is 13.9. The number of aromatic nitrogens is 5. The molecule has 4 aromatic rings. The third kappa shape index (κ3) is 6.79. The van der Waals surface area contributed by atoms with Crippen LogP contribution in [0.5, 0.6) is 0 Å². The van der Waals surface area contributed by atoms with Crippen LogP contribution in [0.4, 0.5) is 13.2 Å². The number of H-pyrrole nitrogens is 1. The van der Waals surface area contributed by atoms with Crippen molar-refractivity contribution in [3.05, 3.63) is 47.3 Å². The lowest BCUT2D eigenvalue weighted by Gasteiger charge is -2.40. The topological polar surface area (TPSA) is 142 Å². The second-order valence-electron chi connectivity index (χ2n) is 10.0. The average molecular weight is 608 g/mol. The van der Waals surface area contributed by atoms with Crippen LogP contribution in [0, 0.1) is 0 Å². The normalized spacial score (nSPS) is 16.8. The van der Waals surface area contributed by atoms with Crippen molar-refractivity contribution >= 4 is 28.9 Å². The number of carboxylic acid groups (broad SMARTS) is 1. The van der Waals surface area contributed by atoms with Gasteiger partial charge in [-0.3, -0.25) is 9.89 Å². The zero-order chi connectivity index (χ0) is 29.0. The Morgan fingerprint density at radius 3 is 2.50 bits per heavy atom. The van der Waals surface area contributed by atoms with E-state index in [0.717, 1.165) is 65.6 Å². The predicted molar refractivity (Wildman–Crippen MR) is 147 cm³/mol. The van der Waals surface area contributed by atoms with E-state index in [1.54, 1.807) is 21.8 Å². The van der Waals surface area contributed by atoms with Gasteiger partial charge in [0.25, 0.3) is 5.91 Å². The lowest BCUT2D eigenvalue weighted by atomic mass is 9.94. The Bertz CT molecular complexity index is 1490. The first kappa shape index (κ1) is 31.1. The van der Waals surface area contributed by atoms with Gasteiger partial charge in [-0.1, -0.05) is 7.43 Å². The van der Waals surface area contributed by atoms with E-state index in [1.165, 1.54) is 37.0 Å². The van der Waals surface area contributed by atoms with Gasteiger partial charge in [-0.2, -0.15) is 23.4 Å². The summed E-state index contributed by atoms with van der Waals surface area (Å²) in [5.41, 5.74) is 4.68. The number of amides is 1. The number of fused-ring (bicyclic) bond motifs is 1. The van der Waals surface area contributed by atoms with Crippen LogP contribution in [0.3, 0.4) is 0 Å². The number of morpholine rings is 1. The van der Waals surface area contributed by atoms with E-state index in [2.05, 4.69) is 25.6 Å². The molecule has 5 heterocycles. The van der Waals surface area contributed by atoms with Crippen molar-refractivity contribution in [1.29, 1.82) is 0 Å². The third-order valence-corrected chi connectivity index (χ3v) is 8.48. The van der Waals surface area contributed by atoms with Gasteiger partial charge in [0.15, 0.2) is 5.65 Å². The third-order valence-electron chi connectivity index (χ3n) is 7.55. The number of hydrogen-bond acceptors (Lipinski definition) is 8. The molecule has 0 radical (unpaired) electrons. The highest BCUT2D eigenvalue weighted by Gasteiger charge is 2.44. The Balaban J connectivity index is 0.000000454. The summed E-state index contributed by atoms with van der Waals surface area (Å²) < 4.78 is 38.9. The monoisotopic (exact) mass is 607 g/mol. The molecule has 0 bridgehead atoms. The number of carbonyl (C=O) groups is 2. The van der Waals surface area contributed by atoms with Crippen molar-refractivity contribution in [2.75, 3.05) is 32.8 Å². The van der Waals surface area contributed by atoms with Gasteiger partial charge in [0.2, 0.25) is 0 Å². The molecule has 0 atom stereocenters. The minimum absolute atomic E-state index is 0. The lowest BCUT2D eigenvalue weighted by Crippen LogP contribution is -3.22. The van der Waals surface area contributed by atoms with Gasteiger partial charge >= 0.3 is 6.18 Å². The van der Waals surface area contributed by atoms with E-state index in [0.29, 0.717) is 0 Å². The first-order chi connectivity index (χ1) is 19.7. The highest BCUT2D eigenvalue weighted by Crippen LogP contribution is 2.30. The molecule has 1 amide bonds. The Morgan fingerprint density at radius 2 is 1.86 bits per heavy atom. The van der Waals surface area contributed by atoms with Gasteiger partial charge in [0.05, 0.1) is 37.0 Å². The minimum atomic E-state index is -5.19. The minimum Gasteiger partial charge on any atom is -0.542 e. The van der Waals surface area contributed by atoms with E-state index in [1.807, 2.05) is 30.0 Å². The van der Waals surface area contributed by atoms with E-state index >= 15 is 0 Å². The number of rotatable bonds is 6. The summed E-state index contributed by atoms with van der Waals surface area (Å²) in [5, 5.41) is 25.4. The number of nitrogens with zero attached hydrogens (tertiary/aromatic N) is 4. The smallest absolute Gasteiger partial charge is 0.430 e. The number of ether oxygens (including phenoxy) is 1. The van der Waals surface area contributed by atoms with Gasteiger partial charge in [-0.05, 0) is 29.9 Å². The summed E-state index contributed by atoms with van der Waals surface area (Å²) in [6.07, 6.45) is 8.79. The molecule has 1 aliphatic heterocycles. The number of thiophene rings is 1. The van der Waals surface area contributed by atoms with E-state index in [-0.39, 0.29) is 18.9 Å². The molecule has 1 saturated carbocycles. The van der Waals surface area contributed by atoms with Crippen molar-refractivity contribution in [3.8, 4) is 22.3 Å². The Morgan fingerprint density at radius 1 is 1.14 bits per heavy atom. The number of aromatic amines is 1. The fourth-order valence-corrected chi connectivity index (χ4v) is 6.25. The zero-order valence-electron chi connectivity index (χ0n) is 21.9. The number of nitrogens with one attached hydrogen (secondary N) is 3. The molecule has 3 N–H and O–H groups in total. The summed E-state index contributed by atoms with van der Waals surface area (Å²) in [6.45, 7) is 4.42. The van der Waals surface area contributed by atoms with Gasteiger partial charge < -0.3 is 24.9 Å². The van der Waals surface area contributed by atoms with Crippen molar-refractivity contribution in [2.45, 2.75) is 44.8 Å². The van der Waals surface area contributed by atoms with Crippen molar-refractivity contribution in [3.63, 3.8) is 0 Å². The Hall–Kier alpha value is -3.82. The first-order valence-electron chi connectivity index (χ1n) is 13.1. The highest BCUT2D eigenvalue weighted by molar-refractivity contribution is 7.12. The summed E-state index contributed by atoms with van der Waals surface area (Å²) in [6, 6.07) is 1.95. The molecule has 226 valence electrons. The number of alkyl halides is 3. The molecule has 0 aromatic carbocycles. The second-order valence-corrected chi connectivity index (χ2v) is 10.9. The number of quaternary nitrogens is 1. The van der Waals surface area contributed by atoms with Crippen LogP contribution >= 0.6 is 11.3 Å². The predicted octanol–water partition coefficient (Wildman–Crippen LogP) is 1.74. The van der Waals surface area contributed by atoms with Crippen LogP contribution in [0.1, 0.15) is 42.8 Å². The van der Waals surface area contributed by atoms with Crippen molar-refractivity contribution in [2.24, 2.45) is 0 Å².